The van der Waals surface area contributed by atoms with Crippen LogP contribution in [0.25, 0.3) is 0 Å². The van der Waals surface area contributed by atoms with Crippen molar-refractivity contribution in [1.29, 1.82) is 0 Å². The summed E-state index contributed by atoms with van der Waals surface area (Å²) >= 11 is 6.02. The first kappa shape index (κ1) is 14.4. The fourth-order valence-electron chi connectivity index (χ4n) is 1.91. The van der Waals surface area contributed by atoms with Crippen LogP contribution in [0.4, 0.5) is 0 Å². The SMILES string of the molecule is CCCc1ccc(Oc2c(Cl)cccc2C(=O)O)cc1. The Morgan fingerprint density at radius 1 is 1.20 bits per heavy atom. The van der Waals surface area contributed by atoms with Crippen LogP contribution >= 0.6 is 11.6 Å². The lowest BCUT2D eigenvalue weighted by atomic mass is 10.1. The summed E-state index contributed by atoms with van der Waals surface area (Å²) in [7, 11) is 0. The molecule has 4 heteroatoms. The second-order valence-electron chi connectivity index (χ2n) is 4.42. The number of halogens is 1. The molecule has 0 aliphatic carbocycles. The molecular formula is C16H15ClO3. The number of hydrogen-bond acceptors (Lipinski definition) is 2. The largest absolute Gasteiger partial charge is 0.478 e. The van der Waals surface area contributed by atoms with Crippen LogP contribution in [-0.2, 0) is 6.42 Å². The van der Waals surface area contributed by atoms with E-state index in [9.17, 15) is 4.79 Å². The van der Waals surface area contributed by atoms with E-state index in [4.69, 9.17) is 21.4 Å². The summed E-state index contributed by atoms with van der Waals surface area (Å²) in [4.78, 5) is 11.2. The van der Waals surface area contributed by atoms with E-state index in [0.29, 0.717) is 5.75 Å². The molecule has 3 nitrogen and oxygen atoms in total. The van der Waals surface area contributed by atoms with Gasteiger partial charge in [-0.1, -0.05) is 43.1 Å². The molecule has 0 unspecified atom stereocenters. The Morgan fingerprint density at radius 3 is 2.50 bits per heavy atom. The zero-order valence-electron chi connectivity index (χ0n) is 11.1. The number of rotatable bonds is 5. The summed E-state index contributed by atoms with van der Waals surface area (Å²) in [6.45, 7) is 2.12. The Bertz CT molecular complexity index is 606. The normalized spacial score (nSPS) is 10.3. The van der Waals surface area contributed by atoms with E-state index in [-0.39, 0.29) is 16.3 Å². The minimum absolute atomic E-state index is 0.0511. The van der Waals surface area contributed by atoms with Gasteiger partial charge < -0.3 is 9.84 Å². The predicted octanol–water partition coefficient (Wildman–Crippen LogP) is 4.78. The minimum Gasteiger partial charge on any atom is -0.478 e. The molecule has 1 N–H and O–H groups in total. The highest BCUT2D eigenvalue weighted by molar-refractivity contribution is 6.32. The van der Waals surface area contributed by atoms with Crippen molar-refractivity contribution in [3.05, 3.63) is 58.6 Å². The van der Waals surface area contributed by atoms with Crippen LogP contribution in [0, 0.1) is 0 Å². The van der Waals surface area contributed by atoms with Gasteiger partial charge in [0.15, 0.2) is 5.75 Å². The number of para-hydroxylation sites is 1. The van der Waals surface area contributed by atoms with Crippen molar-refractivity contribution < 1.29 is 14.6 Å². The average Bonchev–Trinajstić information content (AvgIpc) is 2.43. The number of aromatic carboxylic acids is 1. The maximum Gasteiger partial charge on any atom is 0.339 e. The van der Waals surface area contributed by atoms with E-state index >= 15 is 0 Å². The molecule has 0 spiro atoms. The average molecular weight is 291 g/mol. The first-order valence-corrected chi connectivity index (χ1v) is 6.78. The third kappa shape index (κ3) is 3.31. The highest BCUT2D eigenvalue weighted by atomic mass is 35.5. The number of ether oxygens (including phenoxy) is 1. The molecule has 0 saturated carbocycles. The molecular weight excluding hydrogens is 276 g/mol. The Kier molecular flexibility index (Phi) is 4.64. The predicted molar refractivity (Wildman–Crippen MR) is 78.9 cm³/mol. The van der Waals surface area contributed by atoms with Gasteiger partial charge >= 0.3 is 5.97 Å². The Hall–Kier alpha value is -2.00. The van der Waals surface area contributed by atoms with Gasteiger partial charge in [0.25, 0.3) is 0 Å². The minimum atomic E-state index is -1.06. The van der Waals surface area contributed by atoms with Crippen LogP contribution in [0.3, 0.4) is 0 Å². The van der Waals surface area contributed by atoms with Gasteiger partial charge in [-0.25, -0.2) is 4.79 Å². The summed E-state index contributed by atoms with van der Waals surface area (Å²) in [6.07, 6.45) is 2.08. The van der Waals surface area contributed by atoms with Gasteiger partial charge in [-0.05, 0) is 36.2 Å². The topological polar surface area (TPSA) is 46.5 Å². The first-order valence-electron chi connectivity index (χ1n) is 6.40. The van der Waals surface area contributed by atoms with E-state index < -0.39 is 5.97 Å². The molecule has 0 atom stereocenters. The summed E-state index contributed by atoms with van der Waals surface area (Å²) in [5, 5.41) is 9.42. The van der Waals surface area contributed by atoms with Crippen molar-refractivity contribution >= 4 is 17.6 Å². The highest BCUT2D eigenvalue weighted by Gasteiger charge is 2.15. The maximum absolute atomic E-state index is 11.2. The molecule has 0 heterocycles. The smallest absolute Gasteiger partial charge is 0.339 e. The summed E-state index contributed by atoms with van der Waals surface area (Å²) in [6, 6.07) is 12.2. The molecule has 0 aromatic heterocycles. The Labute approximate surface area is 122 Å². The van der Waals surface area contributed by atoms with E-state index in [1.165, 1.54) is 11.6 Å². The number of carbonyl (C=O) groups is 1. The van der Waals surface area contributed by atoms with E-state index in [1.807, 2.05) is 24.3 Å². The number of carboxylic acid groups (broad SMARTS) is 1. The molecule has 0 amide bonds. The molecule has 0 bridgehead atoms. The molecule has 0 aliphatic rings. The quantitative estimate of drug-likeness (QED) is 0.861. The standard InChI is InChI=1S/C16H15ClO3/c1-2-4-11-7-9-12(10-8-11)20-15-13(16(18)19)5-3-6-14(15)17/h3,5-10H,2,4H2,1H3,(H,18,19). The van der Waals surface area contributed by atoms with Crippen LogP contribution in [0.1, 0.15) is 29.3 Å². The third-order valence-electron chi connectivity index (χ3n) is 2.88. The Morgan fingerprint density at radius 2 is 1.90 bits per heavy atom. The number of aryl methyl sites for hydroxylation is 1. The van der Waals surface area contributed by atoms with E-state index in [2.05, 4.69) is 6.92 Å². The summed E-state index contributed by atoms with van der Waals surface area (Å²) in [5.41, 5.74) is 1.27. The fourth-order valence-corrected chi connectivity index (χ4v) is 2.12. The van der Waals surface area contributed by atoms with Crippen molar-refractivity contribution in [3.8, 4) is 11.5 Å². The number of carboxylic acids is 1. The van der Waals surface area contributed by atoms with Crippen molar-refractivity contribution in [2.45, 2.75) is 19.8 Å². The van der Waals surface area contributed by atoms with Crippen molar-refractivity contribution in [2.75, 3.05) is 0 Å². The van der Waals surface area contributed by atoms with Crippen molar-refractivity contribution in [3.63, 3.8) is 0 Å². The monoisotopic (exact) mass is 290 g/mol. The van der Waals surface area contributed by atoms with Crippen molar-refractivity contribution in [1.82, 2.24) is 0 Å². The lowest BCUT2D eigenvalue weighted by Gasteiger charge is -2.11. The molecule has 104 valence electrons. The molecule has 20 heavy (non-hydrogen) atoms. The highest BCUT2D eigenvalue weighted by Crippen LogP contribution is 2.33. The van der Waals surface area contributed by atoms with Gasteiger partial charge in [0, 0.05) is 0 Å². The molecule has 0 radical (unpaired) electrons. The van der Waals surface area contributed by atoms with Gasteiger partial charge in [-0.15, -0.1) is 0 Å². The second kappa shape index (κ2) is 6.44. The van der Waals surface area contributed by atoms with E-state index in [1.54, 1.807) is 12.1 Å². The van der Waals surface area contributed by atoms with Crippen LogP contribution < -0.4 is 4.74 Å². The Balaban J connectivity index is 2.27. The van der Waals surface area contributed by atoms with Crippen LogP contribution in [0.2, 0.25) is 5.02 Å². The number of benzene rings is 2. The summed E-state index contributed by atoms with van der Waals surface area (Å²) < 4.78 is 5.62. The fraction of sp³-hybridized carbons (Fsp3) is 0.188. The molecule has 0 saturated heterocycles. The lowest BCUT2D eigenvalue weighted by molar-refractivity contribution is 0.0694. The van der Waals surface area contributed by atoms with Crippen LogP contribution in [0.15, 0.2) is 42.5 Å². The third-order valence-corrected chi connectivity index (χ3v) is 3.18. The molecule has 2 aromatic rings. The second-order valence-corrected chi connectivity index (χ2v) is 4.82. The van der Waals surface area contributed by atoms with Gasteiger partial charge in [0.2, 0.25) is 0 Å². The van der Waals surface area contributed by atoms with Gasteiger partial charge in [-0.3, -0.25) is 0 Å². The lowest BCUT2D eigenvalue weighted by Crippen LogP contribution is -2.00. The van der Waals surface area contributed by atoms with Gasteiger partial charge in [0.1, 0.15) is 11.3 Å². The number of hydrogen-bond donors (Lipinski definition) is 1. The van der Waals surface area contributed by atoms with Crippen LogP contribution in [-0.4, -0.2) is 11.1 Å². The zero-order chi connectivity index (χ0) is 14.5. The molecule has 0 fully saturated rings. The maximum atomic E-state index is 11.2. The van der Waals surface area contributed by atoms with Gasteiger partial charge in [0.05, 0.1) is 5.02 Å². The van der Waals surface area contributed by atoms with Crippen molar-refractivity contribution in [2.24, 2.45) is 0 Å². The van der Waals surface area contributed by atoms with Crippen LogP contribution in [0.5, 0.6) is 11.5 Å². The summed E-state index contributed by atoms with van der Waals surface area (Å²) in [5.74, 6) is -0.324. The zero-order valence-corrected chi connectivity index (χ0v) is 11.9. The van der Waals surface area contributed by atoms with Gasteiger partial charge in [-0.2, -0.15) is 0 Å². The van der Waals surface area contributed by atoms with E-state index in [0.717, 1.165) is 12.8 Å². The molecule has 0 aliphatic heterocycles. The first-order chi connectivity index (χ1) is 9.61. The molecule has 2 aromatic carbocycles. The molecule has 2 rings (SSSR count).